The highest BCUT2D eigenvalue weighted by Crippen LogP contribution is 2.27. The highest BCUT2D eigenvalue weighted by atomic mass is 79.9. The fraction of sp³-hybridized carbons (Fsp3) is 0.294. The van der Waals surface area contributed by atoms with E-state index in [1.54, 1.807) is 12.1 Å². The number of hydrogen-bond donors (Lipinski definition) is 1. The number of aryl methyl sites for hydroxylation is 1. The summed E-state index contributed by atoms with van der Waals surface area (Å²) in [4.78, 5) is 2.31. The van der Waals surface area contributed by atoms with Crippen molar-refractivity contribution < 1.29 is 4.39 Å². The molecule has 0 fully saturated rings. The van der Waals surface area contributed by atoms with Crippen molar-refractivity contribution in [1.82, 2.24) is 0 Å². The van der Waals surface area contributed by atoms with Crippen molar-refractivity contribution in [2.45, 2.75) is 19.4 Å². The van der Waals surface area contributed by atoms with Crippen LogP contribution in [0.1, 0.15) is 17.5 Å². The van der Waals surface area contributed by atoms with Crippen LogP contribution < -0.4 is 10.2 Å². The molecule has 0 saturated heterocycles. The predicted octanol–water partition coefficient (Wildman–Crippen LogP) is 4.58. The molecule has 0 amide bonds. The van der Waals surface area contributed by atoms with Crippen molar-refractivity contribution >= 4 is 27.3 Å². The van der Waals surface area contributed by atoms with Crippen LogP contribution in [-0.4, -0.2) is 13.6 Å². The molecule has 1 aliphatic heterocycles. The first kappa shape index (κ1) is 14.4. The molecule has 0 aliphatic carbocycles. The van der Waals surface area contributed by atoms with Crippen molar-refractivity contribution in [2.75, 3.05) is 23.8 Å². The van der Waals surface area contributed by atoms with E-state index >= 15 is 0 Å². The van der Waals surface area contributed by atoms with E-state index in [2.05, 4.69) is 51.4 Å². The zero-order chi connectivity index (χ0) is 14.8. The molecule has 0 atom stereocenters. The summed E-state index contributed by atoms with van der Waals surface area (Å²) in [6.45, 7) is 1.88. The van der Waals surface area contributed by atoms with E-state index in [-0.39, 0.29) is 5.82 Å². The van der Waals surface area contributed by atoms with Crippen molar-refractivity contribution in [2.24, 2.45) is 0 Å². The number of hydrogen-bond acceptors (Lipinski definition) is 2. The smallest absolute Gasteiger partial charge is 0.137 e. The Morgan fingerprint density at radius 1 is 1.24 bits per heavy atom. The fourth-order valence-electron chi connectivity index (χ4n) is 2.76. The zero-order valence-corrected chi connectivity index (χ0v) is 13.6. The fourth-order valence-corrected chi connectivity index (χ4v) is 3.14. The summed E-state index contributed by atoms with van der Waals surface area (Å²) in [5, 5.41) is 3.34. The average molecular weight is 349 g/mol. The Morgan fingerprint density at radius 2 is 2.10 bits per heavy atom. The Balaban J connectivity index is 1.72. The van der Waals surface area contributed by atoms with Crippen LogP contribution in [0.5, 0.6) is 0 Å². The molecule has 110 valence electrons. The molecular weight excluding hydrogens is 331 g/mol. The molecule has 0 aromatic heterocycles. The third-order valence-corrected chi connectivity index (χ3v) is 4.52. The molecule has 1 heterocycles. The van der Waals surface area contributed by atoms with E-state index in [4.69, 9.17) is 0 Å². The lowest BCUT2D eigenvalue weighted by Gasteiger charge is -2.27. The minimum Gasteiger partial charge on any atom is -0.381 e. The highest BCUT2D eigenvalue weighted by Gasteiger charge is 2.13. The van der Waals surface area contributed by atoms with E-state index in [0.29, 0.717) is 4.47 Å². The van der Waals surface area contributed by atoms with E-state index in [0.717, 1.165) is 25.2 Å². The maximum Gasteiger partial charge on any atom is 0.137 e. The van der Waals surface area contributed by atoms with Gasteiger partial charge in [-0.2, -0.15) is 0 Å². The number of nitrogens with zero attached hydrogens (tertiary/aromatic N) is 1. The summed E-state index contributed by atoms with van der Waals surface area (Å²) in [5.41, 5.74) is 4.93. The summed E-state index contributed by atoms with van der Waals surface area (Å²) < 4.78 is 13.7. The van der Waals surface area contributed by atoms with Gasteiger partial charge in [0.05, 0.1) is 4.47 Å². The van der Waals surface area contributed by atoms with E-state index in [1.807, 2.05) is 0 Å². The van der Waals surface area contributed by atoms with E-state index in [1.165, 1.54) is 29.3 Å². The van der Waals surface area contributed by atoms with Crippen LogP contribution in [0, 0.1) is 5.82 Å². The Morgan fingerprint density at radius 3 is 2.90 bits per heavy atom. The second-order valence-electron chi connectivity index (χ2n) is 5.47. The monoisotopic (exact) mass is 348 g/mol. The van der Waals surface area contributed by atoms with Crippen LogP contribution in [0.3, 0.4) is 0 Å². The Kier molecular flexibility index (Phi) is 4.15. The molecule has 2 aromatic carbocycles. The van der Waals surface area contributed by atoms with Gasteiger partial charge in [-0.3, -0.25) is 0 Å². The number of anilines is 2. The number of halogens is 2. The molecule has 21 heavy (non-hydrogen) atoms. The van der Waals surface area contributed by atoms with Gasteiger partial charge in [-0.25, -0.2) is 4.39 Å². The van der Waals surface area contributed by atoms with Crippen LogP contribution in [-0.2, 0) is 13.0 Å². The standard InChI is InChI=1S/C17H18BrFN2/c1-21-8-2-3-13-9-12(4-7-17(13)21)11-20-14-5-6-16(19)15(18)10-14/h4-7,9-10,20H,2-3,8,11H2,1H3. The van der Waals surface area contributed by atoms with Gasteiger partial charge in [0.25, 0.3) is 0 Å². The van der Waals surface area contributed by atoms with Crippen LogP contribution >= 0.6 is 15.9 Å². The maximum absolute atomic E-state index is 13.2. The summed E-state index contributed by atoms with van der Waals surface area (Å²) >= 11 is 3.21. The first-order chi connectivity index (χ1) is 10.1. The summed E-state index contributed by atoms with van der Waals surface area (Å²) in [7, 11) is 2.14. The molecule has 0 unspecified atom stereocenters. The van der Waals surface area contributed by atoms with Gasteiger partial charge in [0.15, 0.2) is 0 Å². The SMILES string of the molecule is CN1CCCc2cc(CNc3ccc(F)c(Br)c3)ccc21. The molecule has 2 aromatic rings. The minimum atomic E-state index is -0.239. The lowest BCUT2D eigenvalue weighted by atomic mass is 9.99. The first-order valence-electron chi connectivity index (χ1n) is 7.15. The molecule has 1 aliphatic rings. The van der Waals surface area contributed by atoms with E-state index in [9.17, 15) is 4.39 Å². The Hall–Kier alpha value is -1.55. The van der Waals surface area contributed by atoms with Crippen LogP contribution in [0.15, 0.2) is 40.9 Å². The topological polar surface area (TPSA) is 15.3 Å². The third-order valence-electron chi connectivity index (χ3n) is 3.91. The zero-order valence-electron chi connectivity index (χ0n) is 12.0. The largest absolute Gasteiger partial charge is 0.381 e. The van der Waals surface area contributed by atoms with E-state index < -0.39 is 0 Å². The quantitative estimate of drug-likeness (QED) is 0.872. The first-order valence-corrected chi connectivity index (χ1v) is 7.94. The van der Waals surface area contributed by atoms with Crippen molar-refractivity contribution in [3.8, 4) is 0 Å². The number of fused-ring (bicyclic) bond motifs is 1. The summed E-state index contributed by atoms with van der Waals surface area (Å²) in [5.74, 6) is -0.239. The summed E-state index contributed by atoms with van der Waals surface area (Å²) in [6, 6.07) is 11.6. The van der Waals surface area contributed by atoms with Crippen LogP contribution in [0.25, 0.3) is 0 Å². The molecule has 4 heteroatoms. The van der Waals surface area contributed by atoms with Crippen molar-refractivity contribution in [3.05, 3.63) is 57.8 Å². The minimum absolute atomic E-state index is 0.239. The van der Waals surface area contributed by atoms with Gasteiger partial charge in [0.2, 0.25) is 0 Å². The van der Waals surface area contributed by atoms with Crippen LogP contribution in [0.4, 0.5) is 15.8 Å². The Bertz CT molecular complexity index is 657. The van der Waals surface area contributed by atoms with Gasteiger partial charge in [0.1, 0.15) is 5.82 Å². The molecule has 0 spiro atoms. The van der Waals surface area contributed by atoms with Gasteiger partial charge in [-0.1, -0.05) is 12.1 Å². The summed E-state index contributed by atoms with van der Waals surface area (Å²) in [6.07, 6.45) is 2.36. The lowest BCUT2D eigenvalue weighted by Crippen LogP contribution is -2.24. The predicted molar refractivity (Wildman–Crippen MR) is 89.5 cm³/mol. The Labute approximate surface area is 133 Å². The molecule has 0 radical (unpaired) electrons. The second-order valence-corrected chi connectivity index (χ2v) is 6.32. The molecule has 3 rings (SSSR count). The maximum atomic E-state index is 13.2. The second kappa shape index (κ2) is 6.06. The number of benzene rings is 2. The number of rotatable bonds is 3. The number of nitrogens with one attached hydrogen (secondary N) is 1. The lowest BCUT2D eigenvalue weighted by molar-refractivity contribution is 0.621. The molecule has 0 saturated carbocycles. The molecule has 1 N–H and O–H groups in total. The van der Waals surface area contributed by atoms with Crippen molar-refractivity contribution in [1.29, 1.82) is 0 Å². The van der Waals surface area contributed by atoms with Gasteiger partial charge >= 0.3 is 0 Å². The van der Waals surface area contributed by atoms with Gasteiger partial charge in [0, 0.05) is 31.5 Å². The third kappa shape index (κ3) is 3.21. The van der Waals surface area contributed by atoms with Gasteiger partial charge in [-0.05, 0) is 64.2 Å². The molecule has 0 bridgehead atoms. The van der Waals surface area contributed by atoms with Gasteiger partial charge < -0.3 is 10.2 Å². The molecule has 2 nitrogen and oxygen atoms in total. The normalized spacial score (nSPS) is 14.0. The molecular formula is C17H18BrFN2. The van der Waals surface area contributed by atoms with Crippen LogP contribution in [0.2, 0.25) is 0 Å². The average Bonchev–Trinajstić information content (AvgIpc) is 2.49. The van der Waals surface area contributed by atoms with Gasteiger partial charge in [-0.15, -0.1) is 0 Å². The highest BCUT2D eigenvalue weighted by molar-refractivity contribution is 9.10. The van der Waals surface area contributed by atoms with Crippen molar-refractivity contribution in [3.63, 3.8) is 0 Å².